The van der Waals surface area contributed by atoms with Crippen LogP contribution in [0.15, 0.2) is 21.9 Å². The second kappa shape index (κ2) is 6.01. The number of furan rings is 1. The van der Waals surface area contributed by atoms with Gasteiger partial charge in [-0.05, 0) is 32.8 Å². The van der Waals surface area contributed by atoms with Crippen LogP contribution in [-0.2, 0) is 11.3 Å². The standard InChI is InChI=1S/C14H19N3O2S/c1-3-17-13(12-6-8-18-10(12)2)15-16-14(17)20-9-11-5-4-7-19-11/h6,8,11H,3-5,7,9H2,1-2H3/t11-/m1/s1. The van der Waals surface area contributed by atoms with Gasteiger partial charge >= 0.3 is 0 Å². The minimum Gasteiger partial charge on any atom is -0.469 e. The van der Waals surface area contributed by atoms with Gasteiger partial charge in [0.15, 0.2) is 11.0 Å². The molecule has 0 saturated carbocycles. The summed E-state index contributed by atoms with van der Waals surface area (Å²) in [4.78, 5) is 0. The Morgan fingerprint density at radius 2 is 2.35 bits per heavy atom. The first-order valence-electron chi connectivity index (χ1n) is 7.01. The molecule has 5 nitrogen and oxygen atoms in total. The number of nitrogens with zero attached hydrogens (tertiary/aromatic N) is 3. The Morgan fingerprint density at radius 3 is 3.00 bits per heavy atom. The highest BCUT2D eigenvalue weighted by Gasteiger charge is 2.20. The van der Waals surface area contributed by atoms with Crippen molar-refractivity contribution >= 4 is 11.8 Å². The van der Waals surface area contributed by atoms with Crippen molar-refractivity contribution in [3.63, 3.8) is 0 Å². The fourth-order valence-corrected chi connectivity index (χ4v) is 3.51. The van der Waals surface area contributed by atoms with E-state index < -0.39 is 0 Å². The molecule has 0 radical (unpaired) electrons. The zero-order valence-corrected chi connectivity index (χ0v) is 12.7. The minimum absolute atomic E-state index is 0.362. The summed E-state index contributed by atoms with van der Waals surface area (Å²) in [6.45, 7) is 5.80. The number of hydrogen-bond acceptors (Lipinski definition) is 5. The van der Waals surface area contributed by atoms with Crippen LogP contribution in [0.5, 0.6) is 0 Å². The molecule has 1 saturated heterocycles. The van der Waals surface area contributed by atoms with Crippen LogP contribution < -0.4 is 0 Å². The van der Waals surface area contributed by atoms with Crippen LogP contribution >= 0.6 is 11.8 Å². The van der Waals surface area contributed by atoms with Gasteiger partial charge in [-0.25, -0.2) is 0 Å². The van der Waals surface area contributed by atoms with E-state index in [1.807, 2.05) is 13.0 Å². The fourth-order valence-electron chi connectivity index (χ4n) is 2.44. The van der Waals surface area contributed by atoms with Crippen LogP contribution in [0.2, 0.25) is 0 Å². The first kappa shape index (κ1) is 13.7. The number of ether oxygens (including phenoxy) is 1. The van der Waals surface area contributed by atoms with Gasteiger partial charge in [0, 0.05) is 18.9 Å². The normalized spacial score (nSPS) is 18.8. The molecule has 0 bridgehead atoms. The lowest BCUT2D eigenvalue weighted by Gasteiger charge is -2.09. The molecule has 0 N–H and O–H groups in total. The van der Waals surface area contributed by atoms with Gasteiger partial charge in [-0.3, -0.25) is 0 Å². The summed E-state index contributed by atoms with van der Waals surface area (Å²) in [5, 5.41) is 9.61. The third kappa shape index (κ3) is 2.62. The predicted molar refractivity (Wildman–Crippen MR) is 77.8 cm³/mol. The topological polar surface area (TPSA) is 53.1 Å². The second-order valence-electron chi connectivity index (χ2n) is 4.89. The number of aryl methyl sites for hydroxylation is 1. The Bertz CT molecular complexity index is 573. The first-order valence-corrected chi connectivity index (χ1v) is 8.00. The quantitative estimate of drug-likeness (QED) is 0.793. The smallest absolute Gasteiger partial charge is 0.191 e. The van der Waals surface area contributed by atoms with Crippen LogP contribution in [0.1, 0.15) is 25.5 Å². The lowest BCUT2D eigenvalue weighted by Crippen LogP contribution is -2.09. The number of rotatable bonds is 5. The highest BCUT2D eigenvalue weighted by Crippen LogP contribution is 2.28. The van der Waals surface area contributed by atoms with Crippen LogP contribution in [0.25, 0.3) is 11.4 Å². The zero-order valence-electron chi connectivity index (χ0n) is 11.8. The molecule has 0 spiro atoms. The Labute approximate surface area is 122 Å². The van der Waals surface area contributed by atoms with E-state index in [1.165, 1.54) is 6.42 Å². The Morgan fingerprint density at radius 1 is 1.45 bits per heavy atom. The molecule has 3 heterocycles. The number of thioether (sulfide) groups is 1. The number of aromatic nitrogens is 3. The average Bonchev–Trinajstić information content (AvgIpc) is 3.16. The molecule has 3 rings (SSSR count). The molecule has 6 heteroatoms. The van der Waals surface area contributed by atoms with Crippen LogP contribution in [0, 0.1) is 6.92 Å². The van der Waals surface area contributed by atoms with Crippen molar-refractivity contribution in [3.05, 3.63) is 18.1 Å². The zero-order chi connectivity index (χ0) is 13.9. The van der Waals surface area contributed by atoms with Crippen molar-refractivity contribution in [2.75, 3.05) is 12.4 Å². The van der Waals surface area contributed by atoms with Crippen molar-refractivity contribution in [1.82, 2.24) is 14.8 Å². The SMILES string of the molecule is CCn1c(SC[C@H]2CCCO2)nnc1-c1ccoc1C. The van der Waals surface area contributed by atoms with Gasteiger partial charge in [-0.1, -0.05) is 11.8 Å². The summed E-state index contributed by atoms with van der Waals surface area (Å²) in [7, 11) is 0. The molecule has 0 aliphatic carbocycles. The Hall–Kier alpha value is -1.27. The third-order valence-electron chi connectivity index (χ3n) is 3.56. The van der Waals surface area contributed by atoms with Crippen LogP contribution in [0.3, 0.4) is 0 Å². The van der Waals surface area contributed by atoms with E-state index in [-0.39, 0.29) is 0 Å². The van der Waals surface area contributed by atoms with Gasteiger partial charge in [0.2, 0.25) is 0 Å². The Balaban J connectivity index is 1.78. The molecule has 1 aliphatic rings. The van der Waals surface area contributed by atoms with E-state index in [4.69, 9.17) is 9.15 Å². The predicted octanol–water partition coefficient (Wildman–Crippen LogP) is 3.14. The van der Waals surface area contributed by atoms with E-state index >= 15 is 0 Å². The highest BCUT2D eigenvalue weighted by molar-refractivity contribution is 7.99. The third-order valence-corrected chi connectivity index (χ3v) is 4.65. The maximum absolute atomic E-state index is 5.65. The van der Waals surface area contributed by atoms with Gasteiger partial charge in [-0.2, -0.15) is 0 Å². The van der Waals surface area contributed by atoms with Gasteiger partial charge in [0.05, 0.1) is 17.9 Å². The molecular weight excluding hydrogens is 274 g/mol. The summed E-state index contributed by atoms with van der Waals surface area (Å²) < 4.78 is 13.2. The largest absolute Gasteiger partial charge is 0.469 e. The summed E-state index contributed by atoms with van der Waals surface area (Å²) in [6.07, 6.45) is 4.38. The van der Waals surface area contributed by atoms with Crippen molar-refractivity contribution in [2.45, 2.75) is 44.5 Å². The van der Waals surface area contributed by atoms with Crippen LogP contribution in [0.4, 0.5) is 0 Å². The highest BCUT2D eigenvalue weighted by atomic mass is 32.2. The van der Waals surface area contributed by atoms with Gasteiger partial charge in [0.25, 0.3) is 0 Å². The van der Waals surface area contributed by atoms with E-state index in [0.29, 0.717) is 6.10 Å². The Kier molecular flexibility index (Phi) is 4.12. The lowest BCUT2D eigenvalue weighted by atomic mass is 10.2. The van der Waals surface area contributed by atoms with Crippen molar-refractivity contribution in [2.24, 2.45) is 0 Å². The van der Waals surface area contributed by atoms with Crippen molar-refractivity contribution in [1.29, 1.82) is 0 Å². The van der Waals surface area contributed by atoms with Crippen molar-refractivity contribution in [3.8, 4) is 11.4 Å². The van der Waals surface area contributed by atoms with Gasteiger partial charge in [0.1, 0.15) is 5.76 Å². The molecule has 0 aromatic carbocycles. The molecule has 2 aromatic rings. The van der Waals surface area contributed by atoms with Crippen LogP contribution in [-0.4, -0.2) is 33.2 Å². The maximum atomic E-state index is 5.65. The summed E-state index contributed by atoms with van der Waals surface area (Å²) in [5.74, 6) is 2.71. The molecule has 108 valence electrons. The first-order chi connectivity index (χ1) is 9.79. The molecule has 2 aromatic heterocycles. The molecule has 1 atom stereocenters. The summed E-state index contributed by atoms with van der Waals surface area (Å²) >= 11 is 1.73. The molecule has 1 aliphatic heterocycles. The fraction of sp³-hybridized carbons (Fsp3) is 0.571. The monoisotopic (exact) mass is 293 g/mol. The summed E-state index contributed by atoms with van der Waals surface area (Å²) in [6, 6.07) is 1.94. The van der Waals surface area contributed by atoms with Gasteiger partial charge < -0.3 is 13.7 Å². The summed E-state index contributed by atoms with van der Waals surface area (Å²) in [5.41, 5.74) is 1.02. The molecule has 0 amide bonds. The number of hydrogen-bond donors (Lipinski definition) is 0. The van der Waals surface area contributed by atoms with Gasteiger partial charge in [-0.15, -0.1) is 10.2 Å². The molecule has 20 heavy (non-hydrogen) atoms. The molecule has 1 fully saturated rings. The van der Waals surface area contributed by atoms with E-state index in [9.17, 15) is 0 Å². The minimum atomic E-state index is 0.362. The maximum Gasteiger partial charge on any atom is 0.191 e. The van der Waals surface area contributed by atoms with Crippen molar-refractivity contribution < 1.29 is 9.15 Å². The lowest BCUT2D eigenvalue weighted by molar-refractivity contribution is 0.129. The van der Waals surface area contributed by atoms with E-state index in [0.717, 1.165) is 47.6 Å². The average molecular weight is 293 g/mol. The molecular formula is C14H19N3O2S. The second-order valence-corrected chi connectivity index (χ2v) is 5.87. The molecule has 0 unspecified atom stereocenters. The van der Waals surface area contributed by atoms with E-state index in [1.54, 1.807) is 18.0 Å². The van der Waals surface area contributed by atoms with E-state index in [2.05, 4.69) is 21.7 Å².